The van der Waals surface area contributed by atoms with E-state index in [2.05, 4.69) is 0 Å². The minimum atomic E-state index is -0.774. The average Bonchev–Trinajstić information content (AvgIpc) is 2.79. The summed E-state index contributed by atoms with van der Waals surface area (Å²) in [6.45, 7) is 0. The van der Waals surface area contributed by atoms with Crippen LogP contribution in [0, 0.1) is 11.7 Å². The van der Waals surface area contributed by atoms with E-state index in [0.29, 0.717) is 17.4 Å². The molecule has 0 aliphatic heterocycles. The summed E-state index contributed by atoms with van der Waals surface area (Å²) in [5.41, 5.74) is 0.257. The highest BCUT2D eigenvalue weighted by atomic mass is 35.5. The molecule has 0 bridgehead atoms. The van der Waals surface area contributed by atoms with Gasteiger partial charge in [-0.3, -0.25) is 0 Å². The number of halogens is 2. The van der Waals surface area contributed by atoms with Crippen LogP contribution in [0.5, 0.6) is 0 Å². The van der Waals surface area contributed by atoms with Crippen LogP contribution in [0.25, 0.3) is 0 Å². The lowest BCUT2D eigenvalue weighted by Gasteiger charge is -2.15. The molecule has 1 saturated carbocycles. The summed E-state index contributed by atoms with van der Waals surface area (Å²) < 4.78 is 13.6. The van der Waals surface area contributed by atoms with Gasteiger partial charge in [-0.2, -0.15) is 0 Å². The van der Waals surface area contributed by atoms with Crippen molar-refractivity contribution in [3.63, 3.8) is 0 Å². The van der Waals surface area contributed by atoms with Crippen molar-refractivity contribution < 1.29 is 9.50 Å². The Labute approximate surface area is 107 Å². The van der Waals surface area contributed by atoms with Gasteiger partial charge in [-0.25, -0.2) is 4.39 Å². The van der Waals surface area contributed by atoms with Gasteiger partial charge in [-0.05, 0) is 30.9 Å². The second kappa shape index (κ2) is 5.83. The SMILES string of the molecule is OC(CCC1CCCC1)c1c(F)cccc1Cl. The number of hydrogen-bond acceptors (Lipinski definition) is 1. The smallest absolute Gasteiger partial charge is 0.130 e. The van der Waals surface area contributed by atoms with E-state index in [1.54, 1.807) is 12.1 Å². The van der Waals surface area contributed by atoms with Gasteiger partial charge < -0.3 is 5.11 Å². The fraction of sp³-hybridized carbons (Fsp3) is 0.571. The molecule has 1 aliphatic carbocycles. The van der Waals surface area contributed by atoms with Gasteiger partial charge in [0.2, 0.25) is 0 Å². The number of aliphatic hydroxyl groups is 1. The van der Waals surface area contributed by atoms with Crippen molar-refractivity contribution in [2.45, 2.75) is 44.6 Å². The molecule has 0 aromatic heterocycles. The van der Waals surface area contributed by atoms with Gasteiger partial charge in [0.15, 0.2) is 0 Å². The van der Waals surface area contributed by atoms with Crippen LogP contribution in [0.2, 0.25) is 5.02 Å². The van der Waals surface area contributed by atoms with E-state index in [1.807, 2.05) is 0 Å². The zero-order valence-electron chi connectivity index (χ0n) is 9.83. The van der Waals surface area contributed by atoms with Crippen molar-refractivity contribution in [3.8, 4) is 0 Å². The molecule has 2 rings (SSSR count). The summed E-state index contributed by atoms with van der Waals surface area (Å²) in [6, 6.07) is 4.53. The van der Waals surface area contributed by atoms with Gasteiger partial charge in [0.1, 0.15) is 5.82 Å². The second-order valence-electron chi connectivity index (χ2n) is 4.88. The third kappa shape index (κ3) is 3.20. The Hall–Kier alpha value is -0.600. The second-order valence-corrected chi connectivity index (χ2v) is 5.29. The summed E-state index contributed by atoms with van der Waals surface area (Å²) >= 11 is 5.92. The fourth-order valence-corrected chi connectivity index (χ4v) is 2.95. The topological polar surface area (TPSA) is 20.2 Å². The van der Waals surface area contributed by atoms with E-state index < -0.39 is 11.9 Å². The summed E-state index contributed by atoms with van der Waals surface area (Å²) in [4.78, 5) is 0. The van der Waals surface area contributed by atoms with Crippen LogP contribution >= 0.6 is 11.6 Å². The molecular weight excluding hydrogens is 239 g/mol. The molecule has 1 N–H and O–H groups in total. The van der Waals surface area contributed by atoms with Crippen molar-refractivity contribution in [2.75, 3.05) is 0 Å². The molecule has 94 valence electrons. The van der Waals surface area contributed by atoms with E-state index in [-0.39, 0.29) is 5.56 Å². The molecule has 17 heavy (non-hydrogen) atoms. The molecule has 1 aromatic carbocycles. The Morgan fingerprint density at radius 2 is 2.06 bits per heavy atom. The number of benzene rings is 1. The standard InChI is InChI=1S/C14H18ClFO/c15-11-6-3-7-12(16)14(11)13(17)9-8-10-4-1-2-5-10/h3,6-7,10,13,17H,1-2,4-5,8-9H2. The van der Waals surface area contributed by atoms with Crippen LogP contribution in [-0.2, 0) is 0 Å². The summed E-state index contributed by atoms with van der Waals surface area (Å²) in [5, 5.41) is 10.3. The maximum absolute atomic E-state index is 13.6. The van der Waals surface area contributed by atoms with E-state index in [0.717, 1.165) is 6.42 Å². The fourth-order valence-electron chi connectivity index (χ4n) is 2.67. The van der Waals surface area contributed by atoms with Gasteiger partial charge in [0.25, 0.3) is 0 Å². The van der Waals surface area contributed by atoms with Crippen molar-refractivity contribution >= 4 is 11.6 Å². The highest BCUT2D eigenvalue weighted by Gasteiger charge is 2.20. The van der Waals surface area contributed by atoms with Crippen LogP contribution in [0.15, 0.2) is 18.2 Å². The number of aliphatic hydroxyl groups excluding tert-OH is 1. The maximum Gasteiger partial charge on any atom is 0.130 e. The van der Waals surface area contributed by atoms with Gasteiger partial charge >= 0.3 is 0 Å². The molecule has 0 amide bonds. The summed E-state index contributed by atoms with van der Waals surface area (Å²) in [7, 11) is 0. The summed E-state index contributed by atoms with van der Waals surface area (Å²) in [5.74, 6) is 0.298. The molecule has 0 radical (unpaired) electrons. The number of rotatable bonds is 4. The molecule has 1 unspecified atom stereocenters. The first-order valence-electron chi connectivity index (χ1n) is 6.30. The Bertz CT molecular complexity index is 354. The molecule has 0 saturated heterocycles. The normalized spacial score (nSPS) is 18.5. The molecular formula is C14H18ClFO. The molecule has 1 aromatic rings. The maximum atomic E-state index is 13.6. The van der Waals surface area contributed by atoms with Crippen molar-refractivity contribution in [1.82, 2.24) is 0 Å². The zero-order chi connectivity index (χ0) is 12.3. The van der Waals surface area contributed by atoms with Gasteiger partial charge in [-0.1, -0.05) is 43.4 Å². The minimum Gasteiger partial charge on any atom is -0.388 e. The third-order valence-corrected chi connectivity index (χ3v) is 3.99. The van der Waals surface area contributed by atoms with Crippen LogP contribution in [0.4, 0.5) is 4.39 Å². The Morgan fingerprint density at radius 1 is 1.35 bits per heavy atom. The van der Waals surface area contributed by atoms with E-state index in [1.165, 1.54) is 31.7 Å². The molecule has 1 fully saturated rings. The highest BCUT2D eigenvalue weighted by molar-refractivity contribution is 6.31. The van der Waals surface area contributed by atoms with E-state index >= 15 is 0 Å². The predicted octanol–water partition coefficient (Wildman–Crippen LogP) is 4.48. The van der Waals surface area contributed by atoms with Crippen molar-refractivity contribution in [1.29, 1.82) is 0 Å². The zero-order valence-corrected chi connectivity index (χ0v) is 10.6. The highest BCUT2D eigenvalue weighted by Crippen LogP contribution is 2.33. The average molecular weight is 257 g/mol. The molecule has 0 spiro atoms. The lowest BCUT2D eigenvalue weighted by atomic mass is 9.96. The molecule has 1 nitrogen and oxygen atoms in total. The van der Waals surface area contributed by atoms with Gasteiger partial charge in [-0.15, -0.1) is 0 Å². The Kier molecular flexibility index (Phi) is 4.41. The number of hydrogen-bond donors (Lipinski definition) is 1. The quantitative estimate of drug-likeness (QED) is 0.842. The lowest BCUT2D eigenvalue weighted by Crippen LogP contribution is -2.04. The van der Waals surface area contributed by atoms with Gasteiger partial charge in [0.05, 0.1) is 6.10 Å². The first kappa shape index (κ1) is 12.8. The van der Waals surface area contributed by atoms with E-state index in [4.69, 9.17) is 11.6 Å². The Morgan fingerprint density at radius 3 is 2.71 bits per heavy atom. The first-order chi connectivity index (χ1) is 8.18. The molecule has 0 heterocycles. The van der Waals surface area contributed by atoms with Gasteiger partial charge in [0, 0.05) is 10.6 Å². The van der Waals surface area contributed by atoms with Crippen molar-refractivity contribution in [3.05, 3.63) is 34.6 Å². The summed E-state index contributed by atoms with van der Waals surface area (Å²) in [6.07, 6.45) is 5.87. The van der Waals surface area contributed by atoms with Crippen LogP contribution in [-0.4, -0.2) is 5.11 Å². The molecule has 1 atom stereocenters. The van der Waals surface area contributed by atoms with Crippen LogP contribution in [0.1, 0.15) is 50.2 Å². The first-order valence-corrected chi connectivity index (χ1v) is 6.68. The van der Waals surface area contributed by atoms with Crippen molar-refractivity contribution in [2.24, 2.45) is 5.92 Å². The van der Waals surface area contributed by atoms with Crippen LogP contribution < -0.4 is 0 Å². The molecule has 1 aliphatic rings. The lowest BCUT2D eigenvalue weighted by molar-refractivity contribution is 0.153. The Balaban J connectivity index is 1.96. The molecule has 3 heteroatoms. The monoisotopic (exact) mass is 256 g/mol. The minimum absolute atomic E-state index is 0.257. The van der Waals surface area contributed by atoms with Crippen LogP contribution in [0.3, 0.4) is 0 Å². The largest absolute Gasteiger partial charge is 0.388 e. The predicted molar refractivity (Wildman–Crippen MR) is 67.6 cm³/mol. The van der Waals surface area contributed by atoms with E-state index in [9.17, 15) is 9.50 Å². The third-order valence-electron chi connectivity index (χ3n) is 3.66.